The number of fused-ring (bicyclic) bond motifs is 1. The number of carbonyl (C=O) groups excluding carboxylic acids is 1. The van der Waals surface area contributed by atoms with Gasteiger partial charge in [0, 0.05) is 24.6 Å². The Kier molecular flexibility index (Phi) is 5.66. The van der Waals surface area contributed by atoms with Crippen molar-refractivity contribution in [2.75, 3.05) is 5.32 Å². The average Bonchev–Trinajstić information content (AvgIpc) is 3.20. The van der Waals surface area contributed by atoms with Crippen LogP contribution < -0.4 is 10.9 Å². The molecule has 164 valence electrons. The summed E-state index contributed by atoms with van der Waals surface area (Å²) in [5, 5.41) is 5.96. The van der Waals surface area contributed by atoms with Crippen molar-refractivity contribution in [2.24, 2.45) is 0 Å². The van der Waals surface area contributed by atoms with Gasteiger partial charge in [0.1, 0.15) is 23.1 Å². The number of rotatable bonds is 5. The van der Waals surface area contributed by atoms with E-state index in [1.807, 2.05) is 0 Å². The maximum absolute atomic E-state index is 13.7. The van der Waals surface area contributed by atoms with Crippen molar-refractivity contribution >= 4 is 34.3 Å². The van der Waals surface area contributed by atoms with E-state index in [-0.39, 0.29) is 29.4 Å². The van der Waals surface area contributed by atoms with Crippen LogP contribution in [-0.4, -0.2) is 20.6 Å². The lowest BCUT2D eigenvalue weighted by atomic mass is 10.1. The lowest BCUT2D eigenvalue weighted by molar-refractivity contribution is -0.116. The van der Waals surface area contributed by atoms with E-state index < -0.39 is 46.8 Å². The highest BCUT2D eigenvalue weighted by Gasteiger charge is 2.22. The van der Waals surface area contributed by atoms with Crippen LogP contribution in [0.5, 0.6) is 0 Å². The SMILES string of the molecule is O=C(CCn1cnc2onc(-c3ccccc3Cl)c2c1=O)Nc1c(F)c(F)cc(F)c1F. The zero-order valence-electron chi connectivity index (χ0n) is 15.8. The van der Waals surface area contributed by atoms with Crippen LogP contribution in [0.15, 0.2) is 46.0 Å². The monoisotopic (exact) mass is 466 g/mol. The molecule has 0 fully saturated rings. The maximum Gasteiger partial charge on any atom is 0.266 e. The van der Waals surface area contributed by atoms with E-state index in [0.29, 0.717) is 10.6 Å². The third-order valence-corrected chi connectivity index (χ3v) is 4.88. The third-order valence-electron chi connectivity index (χ3n) is 4.55. The number of benzene rings is 2. The Hall–Kier alpha value is -3.73. The van der Waals surface area contributed by atoms with Gasteiger partial charge >= 0.3 is 0 Å². The zero-order valence-corrected chi connectivity index (χ0v) is 16.6. The number of hydrogen-bond acceptors (Lipinski definition) is 5. The molecule has 0 aliphatic carbocycles. The molecular formula is C20H11ClF4N4O3. The fourth-order valence-electron chi connectivity index (χ4n) is 2.98. The smallest absolute Gasteiger partial charge is 0.266 e. The summed E-state index contributed by atoms with van der Waals surface area (Å²) in [5.41, 5.74) is -1.32. The fourth-order valence-corrected chi connectivity index (χ4v) is 3.21. The van der Waals surface area contributed by atoms with Gasteiger partial charge in [-0.1, -0.05) is 35.0 Å². The normalized spacial score (nSPS) is 11.2. The molecule has 0 radical (unpaired) electrons. The molecule has 0 spiro atoms. The van der Waals surface area contributed by atoms with Crippen LogP contribution in [0.1, 0.15) is 6.42 Å². The van der Waals surface area contributed by atoms with Gasteiger partial charge in [-0.2, -0.15) is 0 Å². The molecule has 0 saturated carbocycles. The van der Waals surface area contributed by atoms with Crippen molar-refractivity contribution in [2.45, 2.75) is 13.0 Å². The van der Waals surface area contributed by atoms with Crippen molar-refractivity contribution in [3.63, 3.8) is 0 Å². The topological polar surface area (TPSA) is 90.0 Å². The number of aryl methyl sites for hydroxylation is 1. The summed E-state index contributed by atoms with van der Waals surface area (Å²) < 4.78 is 60.1. The van der Waals surface area contributed by atoms with Gasteiger partial charge in [0.15, 0.2) is 23.3 Å². The molecule has 0 aliphatic rings. The summed E-state index contributed by atoms with van der Waals surface area (Å²) in [7, 11) is 0. The molecule has 1 N–H and O–H groups in total. The van der Waals surface area contributed by atoms with E-state index in [4.69, 9.17) is 16.1 Å². The van der Waals surface area contributed by atoms with Gasteiger partial charge in [0.2, 0.25) is 5.91 Å². The minimum Gasteiger partial charge on any atom is -0.335 e. The Bertz CT molecular complexity index is 1390. The Morgan fingerprint density at radius 3 is 2.50 bits per heavy atom. The Morgan fingerprint density at radius 1 is 1.12 bits per heavy atom. The number of nitrogens with one attached hydrogen (secondary N) is 1. The molecule has 1 amide bonds. The number of halogens is 5. The maximum atomic E-state index is 13.7. The van der Waals surface area contributed by atoms with Crippen LogP contribution >= 0.6 is 11.6 Å². The minimum atomic E-state index is -1.74. The molecule has 0 atom stereocenters. The molecule has 2 aromatic heterocycles. The molecule has 12 heteroatoms. The third kappa shape index (κ3) is 3.82. The summed E-state index contributed by atoms with van der Waals surface area (Å²) in [6.45, 7) is -0.262. The number of anilines is 1. The predicted octanol–water partition coefficient (Wildman–Crippen LogP) is 4.29. The second-order valence-corrected chi connectivity index (χ2v) is 6.98. The van der Waals surface area contributed by atoms with Gasteiger partial charge in [-0.15, -0.1) is 0 Å². The second kappa shape index (κ2) is 8.42. The molecule has 32 heavy (non-hydrogen) atoms. The Balaban J connectivity index is 1.59. The molecular weight excluding hydrogens is 456 g/mol. The van der Waals surface area contributed by atoms with Gasteiger partial charge in [-0.05, 0) is 6.07 Å². The summed E-state index contributed by atoms with van der Waals surface area (Å²) >= 11 is 6.16. The molecule has 7 nitrogen and oxygen atoms in total. The second-order valence-electron chi connectivity index (χ2n) is 6.58. The van der Waals surface area contributed by atoms with Crippen molar-refractivity contribution in [3.05, 3.63) is 75.3 Å². The van der Waals surface area contributed by atoms with Crippen LogP contribution in [0, 0.1) is 23.3 Å². The van der Waals surface area contributed by atoms with Crippen LogP contribution in [0.3, 0.4) is 0 Å². The van der Waals surface area contributed by atoms with E-state index >= 15 is 0 Å². The first-order valence-corrected chi connectivity index (χ1v) is 9.38. The first-order valence-electron chi connectivity index (χ1n) is 9.00. The van der Waals surface area contributed by atoms with E-state index in [1.165, 1.54) is 0 Å². The van der Waals surface area contributed by atoms with Crippen molar-refractivity contribution in [1.29, 1.82) is 0 Å². The molecule has 4 rings (SSSR count). The fraction of sp³-hybridized carbons (Fsp3) is 0.100. The molecule has 4 aromatic rings. The van der Waals surface area contributed by atoms with Gasteiger partial charge in [0.25, 0.3) is 11.3 Å². The number of hydrogen-bond donors (Lipinski definition) is 1. The number of amides is 1. The molecule has 2 heterocycles. The number of carbonyl (C=O) groups is 1. The van der Waals surface area contributed by atoms with Crippen LogP contribution in [0.4, 0.5) is 23.2 Å². The van der Waals surface area contributed by atoms with Crippen molar-refractivity contribution in [1.82, 2.24) is 14.7 Å². The van der Waals surface area contributed by atoms with Crippen LogP contribution in [-0.2, 0) is 11.3 Å². The number of nitrogens with zero attached hydrogens (tertiary/aromatic N) is 3. The lowest BCUT2D eigenvalue weighted by Crippen LogP contribution is -2.24. The highest BCUT2D eigenvalue weighted by atomic mass is 35.5. The summed E-state index contributed by atoms with van der Waals surface area (Å²) in [6.07, 6.45) is 0.638. The molecule has 0 aliphatic heterocycles. The first-order chi connectivity index (χ1) is 15.3. The largest absolute Gasteiger partial charge is 0.335 e. The van der Waals surface area contributed by atoms with Gasteiger partial charge in [-0.3, -0.25) is 14.2 Å². The minimum absolute atomic E-state index is 0.0188. The highest BCUT2D eigenvalue weighted by Crippen LogP contribution is 2.30. The summed E-state index contributed by atoms with van der Waals surface area (Å²) in [5.74, 6) is -7.80. The van der Waals surface area contributed by atoms with Crippen LogP contribution in [0.25, 0.3) is 22.4 Å². The van der Waals surface area contributed by atoms with Crippen molar-refractivity contribution in [3.8, 4) is 11.3 Å². The van der Waals surface area contributed by atoms with E-state index in [1.54, 1.807) is 29.6 Å². The Labute approximate surface area is 181 Å². The summed E-state index contributed by atoms with van der Waals surface area (Å²) in [4.78, 5) is 29.0. The first kappa shape index (κ1) is 21.5. The quantitative estimate of drug-likeness (QED) is 0.350. The highest BCUT2D eigenvalue weighted by molar-refractivity contribution is 6.33. The van der Waals surface area contributed by atoms with E-state index in [9.17, 15) is 27.2 Å². The van der Waals surface area contributed by atoms with Gasteiger partial charge in [-0.25, -0.2) is 22.5 Å². The molecule has 0 saturated heterocycles. The number of aromatic nitrogens is 3. The molecule has 2 aromatic carbocycles. The summed E-state index contributed by atoms with van der Waals surface area (Å²) in [6, 6.07) is 6.64. The van der Waals surface area contributed by atoms with Gasteiger partial charge in [0.05, 0.1) is 5.02 Å². The predicted molar refractivity (Wildman–Crippen MR) is 106 cm³/mol. The van der Waals surface area contributed by atoms with Crippen LogP contribution in [0.2, 0.25) is 5.02 Å². The van der Waals surface area contributed by atoms with Crippen molar-refractivity contribution < 1.29 is 26.9 Å². The molecule has 0 unspecified atom stereocenters. The lowest BCUT2D eigenvalue weighted by Gasteiger charge is -2.09. The Morgan fingerprint density at radius 2 is 1.81 bits per heavy atom. The average molecular weight is 467 g/mol. The molecule has 0 bridgehead atoms. The van der Waals surface area contributed by atoms with Gasteiger partial charge < -0.3 is 9.84 Å². The van der Waals surface area contributed by atoms with E-state index in [2.05, 4.69) is 10.1 Å². The van der Waals surface area contributed by atoms with E-state index in [0.717, 1.165) is 10.9 Å². The standard InChI is InChI=1S/C20H11ClF4N4O3/c21-10-4-2-1-3-9(10)17-14-19(32-28-17)26-8-29(20(14)31)6-5-13(30)27-18-15(24)11(22)7-12(23)16(18)25/h1-4,7-8H,5-6H2,(H,27,30). The zero-order chi connectivity index (χ0) is 23.0.